The first-order valence-corrected chi connectivity index (χ1v) is 7.15. The van der Waals surface area contributed by atoms with Gasteiger partial charge < -0.3 is 8.83 Å². The van der Waals surface area contributed by atoms with E-state index in [2.05, 4.69) is 19.9 Å². The van der Waals surface area contributed by atoms with Crippen LogP contribution in [-0.4, -0.2) is 19.9 Å². The summed E-state index contributed by atoms with van der Waals surface area (Å²) >= 11 is 9.98. The van der Waals surface area contributed by atoms with Crippen LogP contribution in [0.1, 0.15) is 11.8 Å². The molecule has 0 unspecified atom stereocenters. The van der Waals surface area contributed by atoms with E-state index < -0.39 is 0 Å². The third kappa shape index (κ3) is 3.12. The Morgan fingerprint density at radius 3 is 1.36 bits per heavy atom. The molecule has 22 heavy (non-hydrogen) atoms. The number of nitrogens with zero attached hydrogens (tertiary/aromatic N) is 4. The summed E-state index contributed by atoms with van der Waals surface area (Å²) in [6.45, 7) is 3.45. The number of hydrogen-bond donors (Lipinski definition) is 0. The molecule has 0 bridgehead atoms. The molecular weight excluding hydrogens is 320 g/mol. The molecule has 6 nitrogen and oxygen atoms in total. The molecular formula is C14H10N4O2S2. The summed E-state index contributed by atoms with van der Waals surface area (Å²) in [5.74, 6) is 1.78. The number of rotatable bonds is 2. The minimum atomic E-state index is 0.250. The average molecular weight is 330 g/mol. The Morgan fingerprint density at radius 2 is 1.05 bits per heavy atom. The summed E-state index contributed by atoms with van der Waals surface area (Å²) < 4.78 is 11.4. The van der Waals surface area contributed by atoms with Gasteiger partial charge in [0.1, 0.15) is 0 Å². The lowest BCUT2D eigenvalue weighted by Gasteiger charge is -2.03. The van der Waals surface area contributed by atoms with Gasteiger partial charge in [-0.2, -0.15) is 19.9 Å². The van der Waals surface area contributed by atoms with Crippen molar-refractivity contribution in [2.45, 2.75) is 13.8 Å². The summed E-state index contributed by atoms with van der Waals surface area (Å²) in [6.07, 6.45) is 0. The van der Waals surface area contributed by atoms with Crippen molar-refractivity contribution in [2.75, 3.05) is 0 Å². The third-order valence-corrected chi connectivity index (χ3v) is 3.13. The molecule has 8 heteroatoms. The van der Waals surface area contributed by atoms with Gasteiger partial charge >= 0.3 is 0 Å². The normalized spacial score (nSPS) is 10.6. The quantitative estimate of drug-likeness (QED) is 0.655. The molecule has 0 amide bonds. The van der Waals surface area contributed by atoms with Crippen molar-refractivity contribution in [1.29, 1.82) is 0 Å². The Kier molecular flexibility index (Phi) is 3.86. The minimum Gasteiger partial charge on any atom is -0.424 e. The minimum absolute atomic E-state index is 0.250. The Hall–Kier alpha value is -2.32. The van der Waals surface area contributed by atoms with Crippen molar-refractivity contribution in [2.24, 2.45) is 0 Å². The Labute approximate surface area is 135 Å². The van der Waals surface area contributed by atoms with Gasteiger partial charge in [-0.05, 0) is 48.7 Å². The fraction of sp³-hybridized carbons (Fsp3) is 0.143. The summed E-state index contributed by atoms with van der Waals surface area (Å²) in [5.41, 5.74) is 1.56. The van der Waals surface area contributed by atoms with E-state index in [4.69, 9.17) is 33.3 Å². The highest BCUT2D eigenvalue weighted by Crippen LogP contribution is 2.23. The first-order valence-electron chi connectivity index (χ1n) is 6.33. The molecule has 2 aromatic heterocycles. The zero-order chi connectivity index (χ0) is 15.7. The van der Waals surface area contributed by atoms with Gasteiger partial charge in [0, 0.05) is 25.0 Å². The molecule has 0 N–H and O–H groups in total. The van der Waals surface area contributed by atoms with Gasteiger partial charge in [0.15, 0.2) is 11.8 Å². The van der Waals surface area contributed by atoms with Gasteiger partial charge in [-0.1, -0.05) is 0 Å². The second kappa shape index (κ2) is 5.82. The van der Waals surface area contributed by atoms with E-state index in [0.29, 0.717) is 23.6 Å². The molecule has 0 spiro atoms. The highest BCUT2D eigenvalue weighted by molar-refractivity contribution is 7.71. The maximum absolute atomic E-state index is 5.47. The summed E-state index contributed by atoms with van der Waals surface area (Å²) in [7, 11) is 0. The van der Waals surface area contributed by atoms with Crippen LogP contribution in [0.3, 0.4) is 0 Å². The first kappa shape index (κ1) is 14.6. The summed E-state index contributed by atoms with van der Waals surface area (Å²) in [6, 6.07) is 7.35. The largest absolute Gasteiger partial charge is 0.424 e. The van der Waals surface area contributed by atoms with Crippen LogP contribution in [0.25, 0.3) is 22.9 Å². The van der Waals surface area contributed by atoms with Gasteiger partial charge in [-0.25, -0.2) is 0 Å². The third-order valence-electron chi connectivity index (χ3n) is 2.77. The van der Waals surface area contributed by atoms with Crippen molar-refractivity contribution in [3.05, 3.63) is 45.6 Å². The molecule has 3 aromatic rings. The number of aryl methyl sites for hydroxylation is 2. The zero-order valence-electron chi connectivity index (χ0n) is 11.7. The highest BCUT2D eigenvalue weighted by Gasteiger charge is 2.08. The van der Waals surface area contributed by atoms with E-state index in [1.54, 1.807) is 13.8 Å². The molecule has 3 rings (SSSR count). The van der Waals surface area contributed by atoms with Gasteiger partial charge in [-0.3, -0.25) is 0 Å². The Morgan fingerprint density at radius 1 is 0.682 bits per heavy atom. The first-order chi connectivity index (χ1) is 10.5. The van der Waals surface area contributed by atoms with Crippen molar-refractivity contribution in [3.63, 3.8) is 0 Å². The van der Waals surface area contributed by atoms with Crippen LogP contribution in [-0.2, 0) is 0 Å². The van der Waals surface area contributed by atoms with Crippen LogP contribution in [0, 0.1) is 23.4 Å². The lowest BCUT2D eigenvalue weighted by atomic mass is 10.1. The fourth-order valence-corrected chi connectivity index (χ4v) is 2.29. The second-order valence-electron chi connectivity index (χ2n) is 4.44. The van der Waals surface area contributed by atoms with Gasteiger partial charge in [0.2, 0.25) is 21.3 Å². The average Bonchev–Trinajstić information content (AvgIpc) is 2.45. The predicted molar refractivity (Wildman–Crippen MR) is 84.2 cm³/mol. The van der Waals surface area contributed by atoms with Gasteiger partial charge in [0.05, 0.1) is 0 Å². The zero-order valence-corrected chi connectivity index (χ0v) is 13.4. The second-order valence-corrected chi connectivity index (χ2v) is 5.17. The monoisotopic (exact) mass is 330 g/mol. The van der Waals surface area contributed by atoms with E-state index in [-0.39, 0.29) is 9.54 Å². The lowest BCUT2D eigenvalue weighted by molar-refractivity contribution is 0.480. The molecule has 0 atom stereocenters. The SMILES string of the molecule is Cc1nc(=S)nc(-c2ccc(-c3nc(=S)nc(C)o3)cc2)o1. The maximum atomic E-state index is 5.47. The standard InChI is InChI=1S/C14H10N4O2S2/c1-7-15-13(21)17-11(19-7)9-3-5-10(6-4-9)12-18-14(22)16-8(2)20-12/h3-6H,1-2H3. The summed E-state index contributed by atoms with van der Waals surface area (Å²) in [4.78, 5) is 16.1. The van der Waals surface area contributed by atoms with Gasteiger partial charge in [-0.15, -0.1) is 0 Å². The van der Waals surface area contributed by atoms with E-state index >= 15 is 0 Å². The maximum Gasteiger partial charge on any atom is 0.230 e. The highest BCUT2D eigenvalue weighted by atomic mass is 32.1. The molecule has 110 valence electrons. The molecule has 0 aliphatic heterocycles. The molecule has 2 heterocycles. The van der Waals surface area contributed by atoms with Crippen molar-refractivity contribution >= 4 is 24.4 Å². The van der Waals surface area contributed by atoms with Crippen LogP contribution < -0.4 is 0 Å². The molecule has 0 aliphatic carbocycles. The van der Waals surface area contributed by atoms with Crippen LogP contribution >= 0.6 is 24.4 Å². The van der Waals surface area contributed by atoms with Crippen molar-refractivity contribution in [1.82, 2.24) is 19.9 Å². The molecule has 1 aromatic carbocycles. The molecule has 0 aliphatic rings. The molecule has 0 radical (unpaired) electrons. The van der Waals surface area contributed by atoms with Crippen LogP contribution in [0.5, 0.6) is 0 Å². The van der Waals surface area contributed by atoms with E-state index in [1.165, 1.54) is 0 Å². The van der Waals surface area contributed by atoms with E-state index in [9.17, 15) is 0 Å². The number of aromatic nitrogens is 4. The van der Waals surface area contributed by atoms with Crippen molar-refractivity contribution in [3.8, 4) is 22.9 Å². The number of benzene rings is 1. The van der Waals surface area contributed by atoms with Gasteiger partial charge in [0.25, 0.3) is 0 Å². The van der Waals surface area contributed by atoms with Crippen molar-refractivity contribution < 1.29 is 8.83 Å². The molecule has 0 fully saturated rings. The molecule has 0 saturated heterocycles. The van der Waals surface area contributed by atoms with E-state index in [0.717, 1.165) is 11.1 Å². The lowest BCUT2D eigenvalue weighted by Crippen LogP contribution is -1.92. The summed E-state index contributed by atoms with van der Waals surface area (Å²) in [5, 5.41) is 0. The number of hydrogen-bond acceptors (Lipinski definition) is 8. The smallest absolute Gasteiger partial charge is 0.230 e. The Balaban J connectivity index is 2.02. The van der Waals surface area contributed by atoms with Crippen LogP contribution in [0.15, 0.2) is 33.1 Å². The topological polar surface area (TPSA) is 77.8 Å². The Bertz CT molecular complexity index is 870. The fourth-order valence-electron chi connectivity index (χ4n) is 1.87. The predicted octanol–water partition coefficient (Wildman–Crippen LogP) is 3.86. The van der Waals surface area contributed by atoms with Crippen LogP contribution in [0.2, 0.25) is 0 Å². The van der Waals surface area contributed by atoms with E-state index in [1.807, 2.05) is 24.3 Å². The van der Waals surface area contributed by atoms with Crippen LogP contribution in [0.4, 0.5) is 0 Å². The molecule has 0 saturated carbocycles.